The molecule has 1 aliphatic rings. The second kappa shape index (κ2) is 4.05. The summed E-state index contributed by atoms with van der Waals surface area (Å²) in [5, 5.41) is 1.02. The molecule has 2 aromatic rings. The molecule has 0 spiro atoms. The first kappa shape index (κ1) is 11.7. The smallest absolute Gasteiger partial charge is 0.133 e. The lowest BCUT2D eigenvalue weighted by molar-refractivity contribution is 0.316. The Bertz CT molecular complexity index is 586. The van der Waals surface area contributed by atoms with Gasteiger partial charge in [-0.05, 0) is 36.8 Å². The minimum Gasteiger partial charge on any atom is -0.383 e. The zero-order valence-corrected chi connectivity index (χ0v) is 11.5. The van der Waals surface area contributed by atoms with Gasteiger partial charge in [-0.25, -0.2) is 9.97 Å². The van der Waals surface area contributed by atoms with Gasteiger partial charge < -0.3 is 5.73 Å². The van der Waals surface area contributed by atoms with Crippen molar-refractivity contribution < 1.29 is 0 Å². The van der Waals surface area contributed by atoms with Crippen LogP contribution in [0, 0.1) is 5.41 Å². The summed E-state index contributed by atoms with van der Waals surface area (Å²) in [6, 6.07) is 3.91. The largest absolute Gasteiger partial charge is 0.383 e. The first-order valence-corrected chi connectivity index (χ1v) is 7.06. The van der Waals surface area contributed by atoms with Crippen molar-refractivity contribution in [2.75, 3.05) is 5.73 Å². The highest BCUT2D eigenvalue weighted by Crippen LogP contribution is 2.40. The Kier molecular flexibility index (Phi) is 2.63. The third kappa shape index (κ3) is 2.01. The maximum absolute atomic E-state index is 5.92. The normalized spacial score (nSPS) is 17.4. The Morgan fingerprint density at radius 2 is 2.22 bits per heavy atom. The number of aromatic nitrogens is 2. The molecular formula is C14H17N3S. The molecule has 1 aliphatic carbocycles. The molecule has 0 saturated heterocycles. The lowest BCUT2D eigenvalue weighted by atomic mass is 9.79. The van der Waals surface area contributed by atoms with Crippen LogP contribution in [0.4, 0.5) is 5.82 Å². The predicted octanol–water partition coefficient (Wildman–Crippen LogP) is 3.30. The molecule has 2 heterocycles. The molecule has 0 radical (unpaired) electrons. The van der Waals surface area contributed by atoms with E-state index in [4.69, 9.17) is 10.7 Å². The minimum atomic E-state index is 0.400. The van der Waals surface area contributed by atoms with Gasteiger partial charge in [0.05, 0.1) is 11.3 Å². The van der Waals surface area contributed by atoms with E-state index in [2.05, 4.69) is 18.8 Å². The molecule has 4 heteroatoms. The topological polar surface area (TPSA) is 51.8 Å². The molecule has 0 aromatic carbocycles. The number of fused-ring (bicyclic) bond motifs is 1. The van der Waals surface area contributed by atoms with Gasteiger partial charge in [-0.15, -0.1) is 11.3 Å². The molecule has 0 aliphatic heterocycles. The van der Waals surface area contributed by atoms with E-state index in [0.717, 1.165) is 23.4 Å². The lowest BCUT2D eigenvalue weighted by Gasteiger charge is -2.28. The highest BCUT2D eigenvalue weighted by atomic mass is 32.1. The van der Waals surface area contributed by atoms with Gasteiger partial charge in [0.2, 0.25) is 0 Å². The average molecular weight is 259 g/mol. The van der Waals surface area contributed by atoms with Crippen LogP contribution < -0.4 is 5.73 Å². The van der Waals surface area contributed by atoms with Crippen LogP contribution in [-0.2, 0) is 12.8 Å². The zero-order chi connectivity index (χ0) is 12.8. The van der Waals surface area contributed by atoms with Crippen LogP contribution in [0.1, 0.15) is 30.8 Å². The lowest BCUT2D eigenvalue weighted by Crippen LogP contribution is -2.20. The van der Waals surface area contributed by atoms with Crippen LogP contribution in [0.25, 0.3) is 10.6 Å². The van der Waals surface area contributed by atoms with Crippen LogP contribution in [0.3, 0.4) is 0 Å². The summed E-state index contributed by atoms with van der Waals surface area (Å²) in [7, 11) is 0. The van der Waals surface area contributed by atoms with Gasteiger partial charge >= 0.3 is 0 Å². The van der Waals surface area contributed by atoms with E-state index in [-0.39, 0.29) is 0 Å². The molecule has 3 nitrogen and oxygen atoms in total. The maximum Gasteiger partial charge on any atom is 0.133 e. The zero-order valence-electron chi connectivity index (χ0n) is 10.7. The average Bonchev–Trinajstić information content (AvgIpc) is 2.70. The van der Waals surface area contributed by atoms with Gasteiger partial charge in [0.1, 0.15) is 10.8 Å². The number of pyridine rings is 1. The van der Waals surface area contributed by atoms with Gasteiger partial charge in [-0.3, -0.25) is 0 Å². The Morgan fingerprint density at radius 3 is 3.00 bits per heavy atom. The molecular weight excluding hydrogens is 242 g/mol. The first-order chi connectivity index (χ1) is 8.55. The molecule has 0 bridgehead atoms. The summed E-state index contributed by atoms with van der Waals surface area (Å²) in [5.74, 6) is 0.572. The molecule has 94 valence electrons. The number of anilines is 1. The number of nitrogens with two attached hydrogens (primary N) is 1. The van der Waals surface area contributed by atoms with Gasteiger partial charge in [0, 0.05) is 11.1 Å². The molecule has 18 heavy (non-hydrogen) atoms. The number of aryl methyl sites for hydroxylation is 1. The summed E-state index contributed by atoms with van der Waals surface area (Å²) in [6.07, 6.45) is 5.14. The summed E-state index contributed by atoms with van der Waals surface area (Å²) in [5.41, 5.74) is 8.55. The maximum atomic E-state index is 5.92. The molecule has 0 atom stereocenters. The van der Waals surface area contributed by atoms with Crippen molar-refractivity contribution in [3.8, 4) is 10.6 Å². The highest BCUT2D eigenvalue weighted by molar-refractivity contribution is 7.15. The Balaban J connectivity index is 2.02. The van der Waals surface area contributed by atoms with E-state index < -0.39 is 0 Å². The van der Waals surface area contributed by atoms with Crippen molar-refractivity contribution in [1.29, 1.82) is 0 Å². The van der Waals surface area contributed by atoms with Crippen LogP contribution in [-0.4, -0.2) is 9.97 Å². The van der Waals surface area contributed by atoms with Gasteiger partial charge in [0.25, 0.3) is 0 Å². The summed E-state index contributed by atoms with van der Waals surface area (Å²) in [4.78, 5) is 10.3. The van der Waals surface area contributed by atoms with E-state index in [1.165, 1.54) is 17.0 Å². The molecule has 2 N–H and O–H groups in total. The highest BCUT2D eigenvalue weighted by Gasteiger charge is 2.28. The van der Waals surface area contributed by atoms with Crippen molar-refractivity contribution in [3.05, 3.63) is 28.9 Å². The van der Waals surface area contributed by atoms with Crippen LogP contribution >= 0.6 is 11.3 Å². The van der Waals surface area contributed by atoms with E-state index in [1.54, 1.807) is 17.5 Å². The fraction of sp³-hybridized carbons (Fsp3) is 0.429. The summed E-state index contributed by atoms with van der Waals surface area (Å²) < 4.78 is 0. The fourth-order valence-corrected chi connectivity index (χ4v) is 3.81. The van der Waals surface area contributed by atoms with Crippen molar-refractivity contribution in [2.45, 2.75) is 33.1 Å². The monoisotopic (exact) mass is 259 g/mol. The Hall–Kier alpha value is -1.42. The van der Waals surface area contributed by atoms with Gasteiger partial charge in [-0.1, -0.05) is 13.8 Å². The number of nitrogens with zero attached hydrogens (tertiary/aromatic N) is 2. The van der Waals surface area contributed by atoms with E-state index in [9.17, 15) is 0 Å². The second-order valence-electron chi connectivity index (χ2n) is 5.67. The molecule has 3 rings (SSSR count). The predicted molar refractivity (Wildman–Crippen MR) is 75.6 cm³/mol. The number of rotatable bonds is 1. The molecule has 0 unspecified atom stereocenters. The van der Waals surface area contributed by atoms with E-state index in [0.29, 0.717) is 11.2 Å². The second-order valence-corrected chi connectivity index (χ2v) is 6.75. The summed E-state index contributed by atoms with van der Waals surface area (Å²) in [6.45, 7) is 4.65. The molecule has 0 fully saturated rings. The molecule has 0 amide bonds. The number of nitrogen functional groups attached to an aromatic ring is 1. The minimum absolute atomic E-state index is 0.400. The standard InChI is InChI=1S/C14H17N3S/c1-14(2)6-5-10-11(8-14)18-13(17-10)9-4-3-7-16-12(9)15/h3-4,7H,5-6,8H2,1-2H3,(H2,15,16). The van der Waals surface area contributed by atoms with Gasteiger partial charge in [-0.2, -0.15) is 0 Å². The third-order valence-electron chi connectivity index (χ3n) is 3.52. The van der Waals surface area contributed by atoms with Crippen molar-refractivity contribution in [3.63, 3.8) is 0 Å². The van der Waals surface area contributed by atoms with E-state index in [1.807, 2.05) is 12.1 Å². The number of thiazole rings is 1. The van der Waals surface area contributed by atoms with E-state index >= 15 is 0 Å². The SMILES string of the molecule is CC1(C)CCc2nc(-c3cccnc3N)sc2C1. The Labute approximate surface area is 111 Å². The van der Waals surface area contributed by atoms with Crippen molar-refractivity contribution in [1.82, 2.24) is 9.97 Å². The van der Waals surface area contributed by atoms with Crippen LogP contribution in [0.5, 0.6) is 0 Å². The van der Waals surface area contributed by atoms with Crippen LogP contribution in [0.15, 0.2) is 18.3 Å². The molecule has 0 saturated carbocycles. The quantitative estimate of drug-likeness (QED) is 0.855. The first-order valence-electron chi connectivity index (χ1n) is 6.25. The van der Waals surface area contributed by atoms with Crippen molar-refractivity contribution >= 4 is 17.2 Å². The van der Waals surface area contributed by atoms with Gasteiger partial charge in [0.15, 0.2) is 0 Å². The summed E-state index contributed by atoms with van der Waals surface area (Å²) >= 11 is 1.77. The molecule has 2 aromatic heterocycles. The Morgan fingerprint density at radius 1 is 1.39 bits per heavy atom. The van der Waals surface area contributed by atoms with Crippen molar-refractivity contribution in [2.24, 2.45) is 5.41 Å². The number of hydrogen-bond donors (Lipinski definition) is 1. The van der Waals surface area contributed by atoms with Crippen LogP contribution in [0.2, 0.25) is 0 Å². The third-order valence-corrected chi connectivity index (χ3v) is 4.66. The fourth-order valence-electron chi connectivity index (χ4n) is 2.41. The number of hydrogen-bond acceptors (Lipinski definition) is 4.